The maximum absolute atomic E-state index is 13.0. The van der Waals surface area contributed by atoms with E-state index in [1.165, 1.54) is 19.1 Å². The Morgan fingerprint density at radius 2 is 1.62 bits per heavy atom. The third kappa shape index (κ3) is 4.46. The predicted molar refractivity (Wildman–Crippen MR) is 134 cm³/mol. The summed E-state index contributed by atoms with van der Waals surface area (Å²) in [5.74, 6) is -1.22. The Bertz CT molecular complexity index is 1440. The molecule has 0 spiro atoms. The lowest BCUT2D eigenvalue weighted by Crippen LogP contribution is -2.07. The molecule has 0 aliphatic carbocycles. The van der Waals surface area contributed by atoms with Crippen LogP contribution in [0.15, 0.2) is 72.8 Å². The van der Waals surface area contributed by atoms with Gasteiger partial charge in [0.2, 0.25) is 0 Å². The number of phenolic OH excluding ortho intramolecular Hbond substituents is 1. The lowest BCUT2D eigenvalue weighted by Gasteiger charge is -2.10. The zero-order valence-electron chi connectivity index (χ0n) is 19.3. The normalized spacial score (nSPS) is 11.3. The molecule has 3 aromatic carbocycles. The molecule has 0 saturated carbocycles. The van der Waals surface area contributed by atoms with Gasteiger partial charge in [-0.3, -0.25) is 14.4 Å². The molecule has 0 saturated heterocycles. The van der Waals surface area contributed by atoms with Gasteiger partial charge in [-0.1, -0.05) is 54.1 Å². The van der Waals surface area contributed by atoms with E-state index in [4.69, 9.17) is 0 Å². The van der Waals surface area contributed by atoms with Crippen LogP contribution in [-0.2, 0) is 4.79 Å². The number of fused-ring (bicyclic) bond motifs is 1. The summed E-state index contributed by atoms with van der Waals surface area (Å²) >= 11 is 0. The Morgan fingerprint density at radius 3 is 2.26 bits per heavy atom. The van der Waals surface area contributed by atoms with Crippen molar-refractivity contribution in [2.24, 2.45) is 0 Å². The molecule has 4 rings (SSSR count). The van der Waals surface area contributed by atoms with Crippen LogP contribution in [0.2, 0.25) is 0 Å². The van der Waals surface area contributed by atoms with Crippen LogP contribution in [0.5, 0.6) is 5.75 Å². The second-order valence-electron chi connectivity index (χ2n) is 8.38. The van der Waals surface area contributed by atoms with E-state index in [0.717, 1.165) is 22.5 Å². The summed E-state index contributed by atoms with van der Waals surface area (Å²) in [4.78, 5) is 37.8. The van der Waals surface area contributed by atoms with E-state index < -0.39 is 5.78 Å². The molecule has 0 atom stereocenters. The first-order valence-corrected chi connectivity index (χ1v) is 11.0. The van der Waals surface area contributed by atoms with Crippen molar-refractivity contribution in [2.45, 2.75) is 27.2 Å². The lowest BCUT2D eigenvalue weighted by molar-refractivity contribution is -0.113. The third-order valence-electron chi connectivity index (χ3n) is 5.86. The van der Waals surface area contributed by atoms with Crippen LogP contribution in [0.1, 0.15) is 50.9 Å². The molecule has 1 heterocycles. The molecule has 1 N–H and O–H groups in total. The molecule has 0 aliphatic rings. The maximum Gasteiger partial charge on any atom is 0.174 e. The summed E-state index contributed by atoms with van der Waals surface area (Å²) < 4.78 is 1.90. The number of benzene rings is 3. The molecule has 1 aromatic heterocycles. The number of hydrogen-bond donors (Lipinski definition) is 1. The average molecular weight is 452 g/mol. The standard InChI is InChI=1S/C29H25NO4/c1-18-9-12-22(13-10-18)30-19(2)29(20(3)31)24-17-28(34)25(16-26(24)30)27(33)15-23(32)14-11-21-7-5-4-6-8-21/h4-14,16-17,34H,15H2,1-3H3/b14-11+. The monoisotopic (exact) mass is 451 g/mol. The smallest absolute Gasteiger partial charge is 0.174 e. The molecule has 0 unspecified atom stereocenters. The van der Waals surface area contributed by atoms with Crippen molar-refractivity contribution in [1.29, 1.82) is 0 Å². The van der Waals surface area contributed by atoms with E-state index in [1.54, 1.807) is 12.1 Å². The van der Waals surface area contributed by atoms with Crippen molar-refractivity contribution in [3.05, 3.63) is 101 Å². The summed E-state index contributed by atoms with van der Waals surface area (Å²) in [5.41, 5.74) is 4.68. The van der Waals surface area contributed by atoms with E-state index in [-0.39, 0.29) is 29.3 Å². The first-order chi connectivity index (χ1) is 16.3. The summed E-state index contributed by atoms with van der Waals surface area (Å²) in [6, 6.07) is 20.2. The van der Waals surface area contributed by atoms with Crippen molar-refractivity contribution < 1.29 is 19.5 Å². The van der Waals surface area contributed by atoms with Crippen LogP contribution in [0.4, 0.5) is 0 Å². The highest BCUT2D eigenvalue weighted by Gasteiger charge is 2.23. The fraction of sp³-hybridized carbons (Fsp3) is 0.138. The van der Waals surface area contributed by atoms with Gasteiger partial charge in [0.1, 0.15) is 5.75 Å². The van der Waals surface area contributed by atoms with Crippen LogP contribution in [-0.4, -0.2) is 27.0 Å². The number of carbonyl (C=O) groups excluding carboxylic acids is 3. The van der Waals surface area contributed by atoms with Crippen LogP contribution in [0.3, 0.4) is 0 Å². The minimum Gasteiger partial charge on any atom is -0.507 e. The van der Waals surface area contributed by atoms with E-state index in [2.05, 4.69) is 0 Å². The predicted octanol–water partition coefficient (Wildman–Crippen LogP) is 6.01. The first-order valence-electron chi connectivity index (χ1n) is 11.0. The van der Waals surface area contributed by atoms with Gasteiger partial charge in [-0.05, 0) is 56.7 Å². The lowest BCUT2D eigenvalue weighted by atomic mass is 10.0. The number of rotatable bonds is 7. The highest BCUT2D eigenvalue weighted by Crippen LogP contribution is 2.34. The number of nitrogens with zero attached hydrogens (tertiary/aromatic N) is 1. The van der Waals surface area contributed by atoms with Crippen molar-refractivity contribution in [3.8, 4) is 11.4 Å². The number of carbonyl (C=O) groups is 3. The summed E-state index contributed by atoms with van der Waals surface area (Å²) in [6.45, 7) is 5.31. The van der Waals surface area contributed by atoms with Gasteiger partial charge in [0.15, 0.2) is 17.3 Å². The zero-order valence-corrected chi connectivity index (χ0v) is 19.3. The van der Waals surface area contributed by atoms with E-state index >= 15 is 0 Å². The van der Waals surface area contributed by atoms with Gasteiger partial charge in [0, 0.05) is 22.3 Å². The molecule has 0 radical (unpaired) electrons. The number of phenols is 1. The average Bonchev–Trinajstić information content (AvgIpc) is 3.09. The molecule has 0 bridgehead atoms. The topological polar surface area (TPSA) is 76.4 Å². The molecule has 0 aliphatic heterocycles. The molecule has 5 nitrogen and oxygen atoms in total. The number of ketones is 3. The van der Waals surface area contributed by atoms with Gasteiger partial charge < -0.3 is 9.67 Å². The van der Waals surface area contributed by atoms with Gasteiger partial charge in [0.25, 0.3) is 0 Å². The van der Waals surface area contributed by atoms with Gasteiger partial charge in [0.05, 0.1) is 17.5 Å². The molecule has 0 amide bonds. The molecule has 170 valence electrons. The number of aryl methyl sites for hydroxylation is 1. The summed E-state index contributed by atoms with van der Waals surface area (Å²) in [5, 5.41) is 11.2. The second kappa shape index (κ2) is 9.32. The Balaban J connectivity index is 1.74. The first kappa shape index (κ1) is 22.9. The van der Waals surface area contributed by atoms with Crippen LogP contribution in [0.25, 0.3) is 22.7 Å². The number of allylic oxidation sites excluding steroid dienone is 1. The molecule has 4 aromatic rings. The van der Waals surface area contributed by atoms with Crippen LogP contribution >= 0.6 is 0 Å². The van der Waals surface area contributed by atoms with E-state index in [0.29, 0.717) is 16.5 Å². The number of hydrogen-bond acceptors (Lipinski definition) is 4. The second-order valence-corrected chi connectivity index (χ2v) is 8.38. The Kier molecular flexibility index (Phi) is 6.28. The van der Waals surface area contributed by atoms with Crippen molar-refractivity contribution in [2.75, 3.05) is 0 Å². The number of Topliss-reactive ketones (excluding diaryl/α,β-unsaturated/α-hetero) is 2. The zero-order chi connectivity index (χ0) is 24.4. The minimum atomic E-state index is -0.485. The van der Waals surface area contributed by atoms with Crippen molar-refractivity contribution >= 4 is 34.3 Å². The number of aromatic hydroxyl groups is 1. The van der Waals surface area contributed by atoms with Gasteiger partial charge in [-0.2, -0.15) is 0 Å². The largest absolute Gasteiger partial charge is 0.507 e. The Labute approximate surface area is 198 Å². The number of aromatic nitrogens is 1. The van der Waals surface area contributed by atoms with E-state index in [1.807, 2.05) is 73.0 Å². The Morgan fingerprint density at radius 1 is 0.941 bits per heavy atom. The van der Waals surface area contributed by atoms with Crippen molar-refractivity contribution in [1.82, 2.24) is 4.57 Å². The molecule has 5 heteroatoms. The van der Waals surface area contributed by atoms with Crippen LogP contribution < -0.4 is 0 Å². The summed E-state index contributed by atoms with van der Waals surface area (Å²) in [7, 11) is 0. The van der Waals surface area contributed by atoms with Gasteiger partial charge in [-0.15, -0.1) is 0 Å². The minimum absolute atomic E-state index is 0.0509. The van der Waals surface area contributed by atoms with Crippen molar-refractivity contribution in [3.63, 3.8) is 0 Å². The summed E-state index contributed by atoms with van der Waals surface area (Å²) in [6.07, 6.45) is 2.66. The Hall–Kier alpha value is -4.25. The van der Waals surface area contributed by atoms with E-state index in [9.17, 15) is 19.5 Å². The molecule has 0 fully saturated rings. The molecule has 34 heavy (non-hydrogen) atoms. The van der Waals surface area contributed by atoms with Gasteiger partial charge >= 0.3 is 0 Å². The molecular weight excluding hydrogens is 426 g/mol. The highest BCUT2D eigenvalue weighted by atomic mass is 16.3. The highest BCUT2D eigenvalue weighted by molar-refractivity contribution is 6.16. The third-order valence-corrected chi connectivity index (χ3v) is 5.86. The molecular formula is C29H25NO4. The maximum atomic E-state index is 13.0. The fourth-order valence-electron chi connectivity index (χ4n) is 4.21. The SMILES string of the molecule is CC(=O)c1c(C)n(-c2ccc(C)cc2)c2cc(C(=O)CC(=O)/C=C/c3ccccc3)c(O)cc12. The van der Waals surface area contributed by atoms with Gasteiger partial charge in [-0.25, -0.2) is 0 Å². The van der Waals surface area contributed by atoms with Crippen LogP contribution in [0, 0.1) is 13.8 Å². The quantitative estimate of drug-likeness (QED) is 0.212. The fourth-order valence-corrected chi connectivity index (χ4v) is 4.21.